The van der Waals surface area contributed by atoms with Crippen molar-refractivity contribution < 1.29 is 19.8 Å². The van der Waals surface area contributed by atoms with Gasteiger partial charge in [0, 0.05) is 0 Å². The van der Waals surface area contributed by atoms with Gasteiger partial charge in [0.05, 0.1) is 13.1 Å². The van der Waals surface area contributed by atoms with Crippen molar-refractivity contribution in [3.63, 3.8) is 0 Å². The second-order valence-electron chi connectivity index (χ2n) is 13.5. The molecule has 0 heterocycles. The number of carbonyl (C=O) groups is 2. The number of unbranched alkanes of at least 4 members (excludes halogenated alkanes) is 26. The first-order chi connectivity index (χ1) is 21.3. The molecular weight excluding hydrogens is 576 g/mol. The molecule has 8 N–H and O–H groups in total. The molecule has 0 fully saturated rings. The molecule has 0 aromatic rings. The van der Waals surface area contributed by atoms with Gasteiger partial charge in [-0.05, 0) is 40.0 Å². The molecule has 0 spiro atoms. The molecule has 0 aromatic heterocycles. The van der Waals surface area contributed by atoms with Gasteiger partial charge in [-0.2, -0.15) is 0 Å². The van der Waals surface area contributed by atoms with E-state index in [-0.39, 0.29) is 25.4 Å². The van der Waals surface area contributed by atoms with Gasteiger partial charge in [0.15, 0.2) is 0 Å². The van der Waals surface area contributed by atoms with E-state index in [1.54, 1.807) is 0 Å². The predicted octanol–water partition coefficient (Wildman–Crippen LogP) is 11.3. The smallest absolute Gasteiger partial charge is 0.317 e. The van der Waals surface area contributed by atoms with Gasteiger partial charge in [0.2, 0.25) is 0 Å². The molecule has 0 atom stereocenters. The fourth-order valence-electron chi connectivity index (χ4n) is 5.77. The highest BCUT2D eigenvalue weighted by molar-refractivity contribution is 5.69. The number of hydrogen-bond donors (Lipinski definition) is 4. The number of rotatable bonds is 34. The van der Waals surface area contributed by atoms with E-state index in [9.17, 15) is 9.59 Å². The molecule has 0 aromatic carbocycles. The van der Waals surface area contributed by atoms with E-state index in [0.717, 1.165) is 25.9 Å². The molecule has 0 aliphatic heterocycles. The molecular formula is C38H84N4O4. The minimum Gasteiger partial charge on any atom is -0.480 e. The first-order valence-electron chi connectivity index (χ1n) is 19.1. The van der Waals surface area contributed by atoms with Crippen LogP contribution in [0.1, 0.15) is 194 Å². The maximum Gasteiger partial charge on any atom is 0.317 e. The maximum absolute atomic E-state index is 10.5. The summed E-state index contributed by atoms with van der Waals surface area (Å²) in [6, 6.07) is 0. The molecule has 0 radical (unpaired) electrons. The van der Waals surface area contributed by atoms with E-state index in [4.69, 9.17) is 10.2 Å². The maximum atomic E-state index is 10.5. The summed E-state index contributed by atoms with van der Waals surface area (Å²) in [6.07, 6.45) is 38.2. The van der Waals surface area contributed by atoms with Crippen LogP contribution in [0.25, 0.3) is 0 Å². The molecule has 0 amide bonds. The molecule has 0 aliphatic rings. The van der Waals surface area contributed by atoms with Crippen molar-refractivity contribution in [1.29, 1.82) is 0 Å². The van der Waals surface area contributed by atoms with E-state index in [1.165, 1.54) is 167 Å². The lowest BCUT2D eigenvalue weighted by Crippen LogP contribution is -2.26. The van der Waals surface area contributed by atoms with Crippen molar-refractivity contribution in [2.75, 3.05) is 40.3 Å². The second kappa shape index (κ2) is 43.8. The first-order valence-corrected chi connectivity index (χ1v) is 19.1. The zero-order valence-electron chi connectivity index (χ0n) is 31.6. The van der Waals surface area contributed by atoms with Gasteiger partial charge in [-0.15, -0.1) is 0 Å². The molecule has 46 heavy (non-hydrogen) atoms. The largest absolute Gasteiger partial charge is 0.480 e. The van der Waals surface area contributed by atoms with E-state index in [0.29, 0.717) is 0 Å². The van der Waals surface area contributed by atoms with Crippen LogP contribution in [0.2, 0.25) is 0 Å². The van der Waals surface area contributed by atoms with Gasteiger partial charge >= 0.3 is 11.9 Å². The summed E-state index contributed by atoms with van der Waals surface area (Å²) in [5.41, 5.74) is 0. The van der Waals surface area contributed by atoms with Crippen LogP contribution < -0.4 is 12.3 Å². The van der Waals surface area contributed by atoms with Crippen LogP contribution in [-0.4, -0.2) is 72.2 Å². The van der Waals surface area contributed by atoms with Crippen molar-refractivity contribution in [2.24, 2.45) is 0 Å². The molecule has 0 saturated carbocycles. The van der Waals surface area contributed by atoms with Gasteiger partial charge in [-0.25, -0.2) is 0 Å². The number of hydrogen-bond acceptors (Lipinski definition) is 6. The van der Waals surface area contributed by atoms with Crippen LogP contribution in [0.4, 0.5) is 0 Å². The zero-order chi connectivity index (χ0) is 32.9. The van der Waals surface area contributed by atoms with Crippen molar-refractivity contribution in [2.45, 2.75) is 194 Å². The Balaban J connectivity index is -0.000000367. The highest BCUT2D eigenvalue weighted by Crippen LogP contribution is 2.14. The average molecular weight is 661 g/mol. The van der Waals surface area contributed by atoms with E-state index in [2.05, 4.69) is 13.8 Å². The Morgan fingerprint density at radius 3 is 0.717 bits per heavy atom. The van der Waals surface area contributed by atoms with E-state index in [1.807, 2.05) is 23.9 Å². The van der Waals surface area contributed by atoms with Gasteiger partial charge in [-0.3, -0.25) is 19.4 Å². The topological polar surface area (TPSA) is 151 Å². The van der Waals surface area contributed by atoms with E-state index < -0.39 is 11.9 Å². The molecule has 0 aliphatic carbocycles. The number of nitrogens with zero attached hydrogens (tertiary/aromatic N) is 2. The van der Waals surface area contributed by atoms with Crippen LogP contribution in [0.15, 0.2) is 0 Å². The Hall–Kier alpha value is -1.22. The van der Waals surface area contributed by atoms with Gasteiger partial charge in [-0.1, -0.05) is 181 Å². The second-order valence-corrected chi connectivity index (χ2v) is 13.5. The molecule has 8 heteroatoms. The Morgan fingerprint density at radius 2 is 0.543 bits per heavy atom. The third kappa shape index (κ3) is 49.7. The van der Waals surface area contributed by atoms with Crippen LogP contribution >= 0.6 is 0 Å². The molecule has 8 nitrogen and oxygen atoms in total. The fraction of sp³-hybridized carbons (Fsp3) is 0.947. The van der Waals surface area contributed by atoms with Crippen LogP contribution in [0.3, 0.4) is 0 Å². The summed E-state index contributed by atoms with van der Waals surface area (Å²) in [7, 11) is 3.77. The summed E-state index contributed by atoms with van der Waals surface area (Å²) < 4.78 is 0. The molecule has 280 valence electrons. The standard InChI is InChI=1S/2C19H39NO2.2H3N/c2*1-3-4-5-6-7-8-9-10-11-12-13-14-15-16-17-20(2)18-19(21)22;;/h2*3-18H2,1-2H3,(H,21,22);2*1H3. The quantitative estimate of drug-likeness (QED) is 0.0497. The number of aliphatic carboxylic acids is 2. The van der Waals surface area contributed by atoms with Crippen LogP contribution in [-0.2, 0) is 9.59 Å². The Morgan fingerprint density at radius 1 is 0.370 bits per heavy atom. The Kier molecular flexibility index (Phi) is 49.1. The lowest BCUT2D eigenvalue weighted by atomic mass is 10.0. The SMILES string of the molecule is CCCCCCCCCCCCCCCCN(C)CC(=O)O.CCCCCCCCCCCCCCCCN(C)CC(=O)O.N.N. The average Bonchev–Trinajstić information content (AvgIpc) is 2.97. The Bertz CT molecular complexity index is 545. The summed E-state index contributed by atoms with van der Waals surface area (Å²) >= 11 is 0. The highest BCUT2D eigenvalue weighted by atomic mass is 16.4. The summed E-state index contributed by atoms with van der Waals surface area (Å²) in [4.78, 5) is 24.8. The van der Waals surface area contributed by atoms with Crippen molar-refractivity contribution >= 4 is 11.9 Å². The normalized spacial score (nSPS) is 10.7. The van der Waals surface area contributed by atoms with Gasteiger partial charge in [0.1, 0.15) is 0 Å². The minimum atomic E-state index is -0.729. The third-order valence-corrected chi connectivity index (χ3v) is 8.60. The summed E-state index contributed by atoms with van der Waals surface area (Å²) in [5.74, 6) is -1.46. The lowest BCUT2D eigenvalue weighted by Gasteiger charge is -2.13. The fourth-order valence-corrected chi connectivity index (χ4v) is 5.77. The Labute approximate surface area is 287 Å². The van der Waals surface area contributed by atoms with Crippen molar-refractivity contribution in [1.82, 2.24) is 22.1 Å². The molecule has 0 rings (SSSR count). The predicted molar refractivity (Wildman–Crippen MR) is 201 cm³/mol. The number of carboxylic acid groups (broad SMARTS) is 2. The minimum absolute atomic E-state index is 0. The molecule has 0 bridgehead atoms. The lowest BCUT2D eigenvalue weighted by molar-refractivity contribution is -0.139. The first kappa shape index (κ1) is 51.6. The molecule has 0 saturated heterocycles. The van der Waals surface area contributed by atoms with Crippen molar-refractivity contribution in [3.05, 3.63) is 0 Å². The highest BCUT2D eigenvalue weighted by Gasteiger charge is 2.04. The third-order valence-electron chi connectivity index (χ3n) is 8.60. The summed E-state index contributed by atoms with van der Waals surface area (Å²) in [6.45, 7) is 6.69. The zero-order valence-corrected chi connectivity index (χ0v) is 31.6. The number of likely N-dealkylation sites (N-methyl/N-ethyl adjacent to an activating group) is 2. The van der Waals surface area contributed by atoms with E-state index >= 15 is 0 Å². The van der Waals surface area contributed by atoms with Crippen LogP contribution in [0, 0.1) is 0 Å². The van der Waals surface area contributed by atoms with Gasteiger partial charge < -0.3 is 22.5 Å². The number of carboxylic acids is 2. The molecule has 0 unspecified atom stereocenters. The summed E-state index contributed by atoms with van der Waals surface area (Å²) in [5, 5.41) is 17.3. The monoisotopic (exact) mass is 661 g/mol. The van der Waals surface area contributed by atoms with Gasteiger partial charge in [0.25, 0.3) is 0 Å². The van der Waals surface area contributed by atoms with Crippen LogP contribution in [0.5, 0.6) is 0 Å². The van der Waals surface area contributed by atoms with Crippen molar-refractivity contribution in [3.8, 4) is 0 Å².